The molecule has 34 heavy (non-hydrogen) atoms. The van der Waals surface area contributed by atoms with Crippen LogP contribution in [-0.2, 0) is 17.4 Å². The molecule has 1 heterocycles. The molecule has 1 atom stereocenters. The predicted octanol–water partition coefficient (Wildman–Crippen LogP) is 6.43. The number of alkyl halides is 3. The molecule has 2 amide bonds. The van der Waals surface area contributed by atoms with Gasteiger partial charge in [-0.25, -0.2) is 0 Å². The van der Waals surface area contributed by atoms with Gasteiger partial charge in [-0.3, -0.25) is 9.59 Å². The Morgan fingerprint density at radius 1 is 1.06 bits per heavy atom. The summed E-state index contributed by atoms with van der Waals surface area (Å²) in [5.74, 6) is -0.0891. The van der Waals surface area contributed by atoms with E-state index in [9.17, 15) is 22.8 Å². The standard InChI is InChI=1S/C25H20ClF3N2O2S/c26-21-11-10-19(14-20(21)25(27,28)29)30-23(33)17-6-8-18(9-7-17)24-31(22(32)15-34-24)13-12-16-4-2-1-3-5-16/h1-11,14,24H,12-13,15H2,(H,30,33)/t24-/m1/s1. The Kier molecular flexibility index (Phi) is 7.19. The molecule has 1 aliphatic rings. The Bertz CT molecular complexity index is 1190. The van der Waals surface area contributed by atoms with Crippen molar-refractivity contribution in [1.29, 1.82) is 0 Å². The van der Waals surface area contributed by atoms with Gasteiger partial charge in [0.25, 0.3) is 5.91 Å². The van der Waals surface area contributed by atoms with Crippen LogP contribution in [0.2, 0.25) is 5.02 Å². The molecule has 0 aliphatic carbocycles. The molecular formula is C25H20ClF3N2O2S. The summed E-state index contributed by atoms with van der Waals surface area (Å²) in [7, 11) is 0. The van der Waals surface area contributed by atoms with E-state index < -0.39 is 22.7 Å². The SMILES string of the molecule is O=C(Nc1ccc(Cl)c(C(F)(F)F)c1)c1ccc([C@H]2SCC(=O)N2CCc2ccccc2)cc1. The first-order valence-electron chi connectivity index (χ1n) is 10.5. The molecule has 0 unspecified atom stereocenters. The zero-order valence-electron chi connectivity index (χ0n) is 17.8. The number of benzene rings is 3. The monoisotopic (exact) mass is 504 g/mol. The maximum absolute atomic E-state index is 13.1. The van der Waals surface area contributed by atoms with Crippen LogP contribution in [0.1, 0.15) is 32.4 Å². The van der Waals surface area contributed by atoms with Gasteiger partial charge in [0.1, 0.15) is 5.37 Å². The molecule has 1 aliphatic heterocycles. The fourth-order valence-electron chi connectivity index (χ4n) is 3.69. The second-order valence-corrected chi connectivity index (χ2v) is 9.23. The van der Waals surface area contributed by atoms with E-state index >= 15 is 0 Å². The molecule has 0 aromatic heterocycles. The molecular weight excluding hydrogens is 485 g/mol. The summed E-state index contributed by atoms with van der Waals surface area (Å²) < 4.78 is 39.2. The molecule has 1 fully saturated rings. The third-order valence-electron chi connectivity index (χ3n) is 5.44. The van der Waals surface area contributed by atoms with Crippen LogP contribution in [0.15, 0.2) is 72.8 Å². The normalized spacial score (nSPS) is 16.1. The van der Waals surface area contributed by atoms with Crippen molar-refractivity contribution in [2.24, 2.45) is 0 Å². The van der Waals surface area contributed by atoms with Crippen molar-refractivity contribution >= 4 is 40.9 Å². The van der Waals surface area contributed by atoms with Crippen LogP contribution >= 0.6 is 23.4 Å². The van der Waals surface area contributed by atoms with Crippen LogP contribution in [0.5, 0.6) is 0 Å². The summed E-state index contributed by atoms with van der Waals surface area (Å²) >= 11 is 7.16. The number of amides is 2. The van der Waals surface area contributed by atoms with Crippen LogP contribution in [0.4, 0.5) is 18.9 Å². The Labute approximate surface area is 204 Å². The summed E-state index contributed by atoms with van der Waals surface area (Å²) in [5, 5.41) is 1.89. The van der Waals surface area contributed by atoms with Gasteiger partial charge in [-0.1, -0.05) is 54.1 Å². The molecule has 3 aromatic rings. The highest BCUT2D eigenvalue weighted by molar-refractivity contribution is 8.00. The number of carbonyl (C=O) groups is 2. The highest BCUT2D eigenvalue weighted by Crippen LogP contribution is 2.39. The van der Waals surface area contributed by atoms with Crippen LogP contribution in [0.25, 0.3) is 0 Å². The number of carbonyl (C=O) groups excluding carboxylic acids is 2. The van der Waals surface area contributed by atoms with Gasteiger partial charge in [-0.15, -0.1) is 11.8 Å². The minimum absolute atomic E-state index is 0.00478. The summed E-state index contributed by atoms with van der Waals surface area (Å²) in [4.78, 5) is 26.8. The second kappa shape index (κ2) is 10.1. The first kappa shape index (κ1) is 24.2. The highest BCUT2D eigenvalue weighted by Gasteiger charge is 2.34. The van der Waals surface area contributed by atoms with Gasteiger partial charge in [0, 0.05) is 17.8 Å². The fraction of sp³-hybridized carbons (Fsp3) is 0.200. The molecule has 4 nitrogen and oxygen atoms in total. The minimum Gasteiger partial charge on any atom is -0.326 e. The molecule has 1 N–H and O–H groups in total. The van der Waals surface area contributed by atoms with E-state index in [0.717, 1.165) is 29.7 Å². The maximum Gasteiger partial charge on any atom is 0.417 e. The molecule has 0 bridgehead atoms. The van der Waals surface area contributed by atoms with Crippen LogP contribution in [0, 0.1) is 0 Å². The number of hydrogen-bond acceptors (Lipinski definition) is 3. The molecule has 0 spiro atoms. The van der Waals surface area contributed by atoms with Crippen molar-refractivity contribution in [1.82, 2.24) is 4.90 Å². The largest absolute Gasteiger partial charge is 0.417 e. The van der Waals surface area contributed by atoms with E-state index in [0.29, 0.717) is 12.3 Å². The van der Waals surface area contributed by atoms with E-state index in [1.54, 1.807) is 24.3 Å². The van der Waals surface area contributed by atoms with Gasteiger partial charge in [-0.05, 0) is 47.9 Å². The van der Waals surface area contributed by atoms with Crippen LogP contribution in [-0.4, -0.2) is 29.0 Å². The number of rotatable bonds is 6. The second-order valence-electron chi connectivity index (χ2n) is 7.75. The highest BCUT2D eigenvalue weighted by atomic mass is 35.5. The number of nitrogens with one attached hydrogen (secondary N) is 1. The third kappa shape index (κ3) is 5.56. The lowest BCUT2D eigenvalue weighted by Gasteiger charge is -2.24. The van der Waals surface area contributed by atoms with E-state index in [4.69, 9.17) is 11.6 Å². The maximum atomic E-state index is 13.1. The van der Waals surface area contributed by atoms with Crippen LogP contribution in [0.3, 0.4) is 0 Å². The van der Waals surface area contributed by atoms with Gasteiger partial charge in [0.2, 0.25) is 5.91 Å². The average Bonchev–Trinajstić information content (AvgIpc) is 3.19. The molecule has 0 radical (unpaired) electrons. The van der Waals surface area contributed by atoms with Gasteiger partial charge < -0.3 is 10.2 Å². The number of thioether (sulfide) groups is 1. The molecule has 1 saturated heterocycles. The molecule has 9 heteroatoms. The van der Waals surface area contributed by atoms with E-state index in [2.05, 4.69) is 5.32 Å². The molecule has 4 rings (SSSR count). The topological polar surface area (TPSA) is 49.4 Å². The number of halogens is 4. The van der Waals surface area contributed by atoms with E-state index in [1.165, 1.54) is 17.8 Å². The summed E-state index contributed by atoms with van der Waals surface area (Å²) in [5.41, 5.74) is 1.30. The number of anilines is 1. The van der Waals surface area contributed by atoms with Crippen molar-refractivity contribution in [3.8, 4) is 0 Å². The number of hydrogen-bond donors (Lipinski definition) is 1. The zero-order valence-corrected chi connectivity index (χ0v) is 19.4. The summed E-state index contributed by atoms with van der Waals surface area (Å²) in [6.07, 6.45) is -3.88. The van der Waals surface area contributed by atoms with Crippen molar-refractivity contribution in [3.05, 3.63) is 100 Å². The van der Waals surface area contributed by atoms with Gasteiger partial charge in [-0.2, -0.15) is 13.2 Å². The molecule has 176 valence electrons. The molecule has 0 saturated carbocycles. The zero-order chi connectivity index (χ0) is 24.3. The Hall–Kier alpha value is -2.97. The quantitative estimate of drug-likeness (QED) is 0.421. The van der Waals surface area contributed by atoms with Crippen molar-refractivity contribution < 1.29 is 22.8 Å². The first-order valence-corrected chi connectivity index (χ1v) is 11.9. The Morgan fingerprint density at radius 3 is 2.44 bits per heavy atom. The third-order valence-corrected chi connectivity index (χ3v) is 7.03. The van der Waals surface area contributed by atoms with Crippen molar-refractivity contribution in [3.63, 3.8) is 0 Å². The van der Waals surface area contributed by atoms with E-state index in [-0.39, 0.29) is 22.5 Å². The fourth-order valence-corrected chi connectivity index (χ4v) is 5.13. The summed E-state index contributed by atoms with van der Waals surface area (Å²) in [6, 6.07) is 19.9. The van der Waals surface area contributed by atoms with Gasteiger partial charge in [0.05, 0.1) is 16.3 Å². The lowest BCUT2D eigenvalue weighted by Crippen LogP contribution is -2.30. The Morgan fingerprint density at radius 2 is 1.76 bits per heavy atom. The lowest BCUT2D eigenvalue weighted by molar-refractivity contribution is -0.137. The minimum atomic E-state index is -4.62. The van der Waals surface area contributed by atoms with Gasteiger partial charge in [0.15, 0.2) is 0 Å². The van der Waals surface area contributed by atoms with Gasteiger partial charge >= 0.3 is 6.18 Å². The van der Waals surface area contributed by atoms with Crippen LogP contribution < -0.4 is 5.32 Å². The average molecular weight is 505 g/mol. The Balaban J connectivity index is 1.44. The lowest BCUT2D eigenvalue weighted by atomic mass is 10.1. The van der Waals surface area contributed by atoms with Crippen molar-refractivity contribution in [2.75, 3.05) is 17.6 Å². The smallest absolute Gasteiger partial charge is 0.326 e. The summed E-state index contributed by atoms with van der Waals surface area (Å²) in [6.45, 7) is 0.584. The number of nitrogens with zero attached hydrogens (tertiary/aromatic N) is 1. The molecule has 3 aromatic carbocycles. The van der Waals surface area contributed by atoms with Crippen molar-refractivity contribution in [2.45, 2.75) is 18.0 Å². The first-order chi connectivity index (χ1) is 16.2. The predicted molar refractivity (Wildman–Crippen MR) is 128 cm³/mol. The van der Waals surface area contributed by atoms with E-state index in [1.807, 2.05) is 35.2 Å².